The van der Waals surface area contributed by atoms with Gasteiger partial charge >= 0.3 is 0 Å². The van der Waals surface area contributed by atoms with Gasteiger partial charge in [0, 0.05) is 5.56 Å². The topological polar surface area (TPSA) is 38.7 Å². The maximum Gasteiger partial charge on any atom is 0.127 e. The third kappa shape index (κ3) is 9.10. The molecule has 0 aromatic heterocycles. The van der Waals surface area contributed by atoms with Gasteiger partial charge in [-0.25, -0.2) is 0 Å². The number of hydrogen-bond donors (Lipinski definition) is 1. The molecule has 0 saturated carbocycles. The summed E-state index contributed by atoms with van der Waals surface area (Å²) in [6, 6.07) is 0. The van der Waals surface area contributed by atoms with Crippen molar-refractivity contribution in [2.24, 2.45) is 0 Å². The largest absolute Gasteiger partial charge is 0.491 e. The maximum absolute atomic E-state index is 9.16. The van der Waals surface area contributed by atoms with Gasteiger partial charge in [0.15, 0.2) is 0 Å². The van der Waals surface area contributed by atoms with Gasteiger partial charge in [-0.3, -0.25) is 0 Å². The molecule has 1 aromatic rings. The minimum absolute atomic E-state index is 0.0444. The van der Waals surface area contributed by atoms with E-state index in [0.717, 1.165) is 36.3 Å². The van der Waals surface area contributed by atoms with Crippen molar-refractivity contribution in [1.82, 2.24) is 0 Å². The zero-order chi connectivity index (χ0) is 24.8. The van der Waals surface area contributed by atoms with Crippen molar-refractivity contribution in [2.45, 2.75) is 149 Å². The standard InChI is InChI=1S/C31H54O3/c1-6-7-8-9-10-11-12-13-14-15-16-17-18-19-21-31(5)22-20-28-27(4)29(33-24-23-32)25(2)26(3)30(28)34-31/h32H,6-24H2,1-5H3. The van der Waals surface area contributed by atoms with E-state index in [1.54, 1.807) is 0 Å². The molecule has 3 nitrogen and oxygen atoms in total. The number of aliphatic hydroxyl groups excluding tert-OH is 1. The highest BCUT2D eigenvalue weighted by Gasteiger charge is 2.34. The van der Waals surface area contributed by atoms with Crippen LogP contribution in [0.1, 0.15) is 139 Å². The van der Waals surface area contributed by atoms with Gasteiger partial charge in [0.1, 0.15) is 23.7 Å². The Morgan fingerprint density at radius 2 is 1.29 bits per heavy atom. The molecule has 196 valence electrons. The Bertz CT molecular complexity index is 711. The van der Waals surface area contributed by atoms with Crippen LogP contribution in [0.2, 0.25) is 0 Å². The van der Waals surface area contributed by atoms with Crippen molar-refractivity contribution >= 4 is 0 Å². The van der Waals surface area contributed by atoms with Crippen LogP contribution in [0.25, 0.3) is 0 Å². The van der Waals surface area contributed by atoms with Crippen molar-refractivity contribution in [3.8, 4) is 11.5 Å². The normalized spacial score (nSPS) is 17.5. The first-order chi connectivity index (χ1) is 16.4. The summed E-state index contributed by atoms with van der Waals surface area (Å²) in [7, 11) is 0. The number of fused-ring (bicyclic) bond motifs is 1. The van der Waals surface area contributed by atoms with Gasteiger partial charge in [0.05, 0.1) is 6.61 Å². The Kier molecular flexibility index (Phi) is 13.4. The van der Waals surface area contributed by atoms with Crippen LogP contribution in [0.3, 0.4) is 0 Å². The molecule has 0 fully saturated rings. The van der Waals surface area contributed by atoms with E-state index in [2.05, 4.69) is 34.6 Å². The van der Waals surface area contributed by atoms with Gasteiger partial charge < -0.3 is 14.6 Å². The van der Waals surface area contributed by atoms with Crippen LogP contribution >= 0.6 is 0 Å². The summed E-state index contributed by atoms with van der Waals surface area (Å²) in [5.74, 6) is 2.02. The van der Waals surface area contributed by atoms with Crippen LogP contribution in [-0.4, -0.2) is 23.9 Å². The maximum atomic E-state index is 9.16. The molecule has 0 saturated heterocycles. The highest BCUT2D eigenvalue weighted by Crippen LogP contribution is 2.44. The predicted molar refractivity (Wildman–Crippen MR) is 146 cm³/mol. The number of aliphatic hydroxyl groups is 1. The number of hydrogen-bond acceptors (Lipinski definition) is 3. The molecule has 0 radical (unpaired) electrons. The lowest BCUT2D eigenvalue weighted by Gasteiger charge is -2.38. The lowest BCUT2D eigenvalue weighted by molar-refractivity contribution is 0.0521. The molecule has 3 heteroatoms. The molecule has 0 bridgehead atoms. The molecule has 1 aliphatic rings. The van der Waals surface area contributed by atoms with Crippen LogP contribution in [0.15, 0.2) is 0 Å². The number of ether oxygens (including phenoxy) is 2. The summed E-state index contributed by atoms with van der Waals surface area (Å²) in [5, 5.41) is 9.16. The summed E-state index contributed by atoms with van der Waals surface area (Å²) in [4.78, 5) is 0. The second-order valence-electron chi connectivity index (χ2n) is 11.0. The van der Waals surface area contributed by atoms with Crippen LogP contribution in [0.4, 0.5) is 0 Å². The van der Waals surface area contributed by atoms with Gasteiger partial charge in [-0.2, -0.15) is 0 Å². The number of benzene rings is 1. The summed E-state index contributed by atoms with van der Waals surface area (Å²) >= 11 is 0. The van der Waals surface area contributed by atoms with E-state index in [4.69, 9.17) is 14.6 Å². The smallest absolute Gasteiger partial charge is 0.127 e. The molecule has 34 heavy (non-hydrogen) atoms. The highest BCUT2D eigenvalue weighted by atomic mass is 16.5. The van der Waals surface area contributed by atoms with Gasteiger partial charge in [-0.15, -0.1) is 0 Å². The van der Waals surface area contributed by atoms with Gasteiger partial charge in [0.25, 0.3) is 0 Å². The summed E-state index contributed by atoms with van der Waals surface area (Å²) < 4.78 is 12.5. The first-order valence-electron chi connectivity index (χ1n) is 14.5. The molecule has 1 aliphatic heterocycles. The second-order valence-corrected chi connectivity index (χ2v) is 11.0. The molecule has 1 heterocycles. The first kappa shape index (κ1) is 29.0. The predicted octanol–water partition coefficient (Wildman–Crippen LogP) is 8.94. The molecule has 0 aliphatic carbocycles. The molecule has 0 amide bonds. The fourth-order valence-corrected chi connectivity index (χ4v) is 5.52. The third-order valence-corrected chi connectivity index (χ3v) is 7.96. The summed E-state index contributed by atoms with van der Waals surface area (Å²) in [5.41, 5.74) is 4.77. The van der Waals surface area contributed by atoms with E-state index in [1.807, 2.05) is 0 Å². The Balaban J connectivity index is 1.64. The van der Waals surface area contributed by atoms with Crippen molar-refractivity contribution < 1.29 is 14.6 Å². The quantitative estimate of drug-likeness (QED) is 0.216. The van der Waals surface area contributed by atoms with E-state index in [-0.39, 0.29) is 12.2 Å². The van der Waals surface area contributed by atoms with E-state index < -0.39 is 0 Å². The van der Waals surface area contributed by atoms with Gasteiger partial charge in [0.2, 0.25) is 0 Å². The summed E-state index contributed by atoms with van der Waals surface area (Å²) in [6.07, 6.45) is 22.9. The molecule has 1 atom stereocenters. The first-order valence-corrected chi connectivity index (χ1v) is 14.5. The van der Waals surface area contributed by atoms with Crippen LogP contribution < -0.4 is 9.47 Å². The fraction of sp³-hybridized carbons (Fsp3) is 0.806. The van der Waals surface area contributed by atoms with Crippen molar-refractivity contribution in [2.75, 3.05) is 13.2 Å². The van der Waals surface area contributed by atoms with Crippen molar-refractivity contribution in [3.63, 3.8) is 0 Å². The van der Waals surface area contributed by atoms with E-state index in [1.165, 1.54) is 107 Å². The van der Waals surface area contributed by atoms with Gasteiger partial charge in [-0.05, 0) is 70.1 Å². The third-order valence-electron chi connectivity index (χ3n) is 7.96. The van der Waals surface area contributed by atoms with Crippen LogP contribution in [0, 0.1) is 20.8 Å². The minimum Gasteiger partial charge on any atom is -0.491 e. The zero-order valence-electron chi connectivity index (χ0n) is 23.2. The van der Waals surface area contributed by atoms with Crippen LogP contribution in [0.5, 0.6) is 11.5 Å². The monoisotopic (exact) mass is 474 g/mol. The van der Waals surface area contributed by atoms with Crippen molar-refractivity contribution in [3.05, 3.63) is 22.3 Å². The molecular weight excluding hydrogens is 420 g/mol. The molecule has 1 aromatic carbocycles. The van der Waals surface area contributed by atoms with Crippen molar-refractivity contribution in [1.29, 1.82) is 0 Å². The minimum atomic E-state index is -0.0543. The average Bonchev–Trinajstić information content (AvgIpc) is 2.83. The average molecular weight is 475 g/mol. The SMILES string of the molecule is CCCCCCCCCCCCCCCCC1(C)CCc2c(C)c(OCCO)c(C)c(C)c2O1. The molecule has 1 unspecified atom stereocenters. The fourth-order valence-electron chi connectivity index (χ4n) is 5.52. The molecule has 0 spiro atoms. The summed E-state index contributed by atoms with van der Waals surface area (Å²) in [6.45, 7) is 11.4. The van der Waals surface area contributed by atoms with E-state index in [9.17, 15) is 0 Å². The molecule has 2 rings (SSSR count). The lowest BCUT2D eigenvalue weighted by Crippen LogP contribution is -2.37. The van der Waals surface area contributed by atoms with E-state index in [0.29, 0.717) is 6.61 Å². The Labute approximate surface area is 211 Å². The lowest BCUT2D eigenvalue weighted by atomic mass is 9.84. The molecular formula is C31H54O3. The highest BCUT2D eigenvalue weighted by molar-refractivity contribution is 5.59. The molecule has 1 N–H and O–H groups in total. The Morgan fingerprint density at radius 3 is 1.82 bits per heavy atom. The van der Waals surface area contributed by atoms with E-state index >= 15 is 0 Å². The Hall–Kier alpha value is -1.22. The second kappa shape index (κ2) is 15.7. The number of unbranched alkanes of at least 4 members (excludes halogenated alkanes) is 13. The van der Waals surface area contributed by atoms with Gasteiger partial charge in [-0.1, -0.05) is 90.4 Å². The number of rotatable bonds is 18. The van der Waals surface area contributed by atoms with Crippen LogP contribution in [-0.2, 0) is 6.42 Å². The Morgan fingerprint density at radius 1 is 0.765 bits per heavy atom. The zero-order valence-corrected chi connectivity index (χ0v) is 23.2.